The second kappa shape index (κ2) is 10.5. The summed E-state index contributed by atoms with van der Waals surface area (Å²) in [7, 11) is 0. The van der Waals surface area contributed by atoms with Crippen molar-refractivity contribution in [3.8, 4) is 0 Å². The molecule has 3 aromatic carbocycles. The minimum Gasteiger partial charge on any atom is -0.322 e. The van der Waals surface area contributed by atoms with Gasteiger partial charge in [-0.3, -0.25) is 19.5 Å². The van der Waals surface area contributed by atoms with Gasteiger partial charge in [-0.05, 0) is 31.0 Å². The molecule has 1 aromatic heterocycles. The molecular weight excluding hydrogens is 480 g/mol. The number of rotatable bonds is 6. The van der Waals surface area contributed by atoms with Crippen molar-refractivity contribution in [3.05, 3.63) is 112 Å². The Morgan fingerprint density at radius 2 is 1.63 bits per heavy atom. The van der Waals surface area contributed by atoms with Crippen LogP contribution in [0.15, 0.2) is 83.9 Å². The van der Waals surface area contributed by atoms with Crippen LogP contribution in [0.5, 0.6) is 0 Å². The summed E-state index contributed by atoms with van der Waals surface area (Å²) in [5, 5.41) is 15.1. The number of nitrogens with one attached hydrogen (secondary N) is 4. The van der Waals surface area contributed by atoms with Gasteiger partial charge in [0, 0.05) is 22.3 Å². The number of hydrogen-bond acceptors (Lipinski definition) is 5. The molecule has 9 heteroatoms. The molecule has 0 saturated heterocycles. The normalized spacial score (nSPS) is 14.5. The van der Waals surface area contributed by atoms with E-state index in [1.807, 2.05) is 67.6 Å². The SMILES string of the molecule is CCc1ccccc1C(=O)Nc1n[nH]c(C(=O)NC2N=C(c3ccccc3)c3ccccc3NC2=O)c1C. The zero-order valence-corrected chi connectivity index (χ0v) is 20.9. The average molecular weight is 507 g/mol. The fraction of sp³-hybridized carbons (Fsp3) is 0.138. The van der Waals surface area contributed by atoms with E-state index in [4.69, 9.17) is 0 Å². The van der Waals surface area contributed by atoms with Gasteiger partial charge in [-0.2, -0.15) is 5.10 Å². The van der Waals surface area contributed by atoms with Crippen LogP contribution in [0.1, 0.15) is 50.0 Å². The average Bonchev–Trinajstić information content (AvgIpc) is 3.24. The van der Waals surface area contributed by atoms with Crippen LogP contribution in [0.25, 0.3) is 0 Å². The van der Waals surface area contributed by atoms with Crippen molar-refractivity contribution in [2.45, 2.75) is 26.4 Å². The van der Waals surface area contributed by atoms with Crippen LogP contribution in [0.3, 0.4) is 0 Å². The molecule has 1 aliphatic heterocycles. The Morgan fingerprint density at radius 3 is 2.42 bits per heavy atom. The van der Waals surface area contributed by atoms with Crippen molar-refractivity contribution in [2.24, 2.45) is 4.99 Å². The molecule has 0 bridgehead atoms. The van der Waals surface area contributed by atoms with Gasteiger partial charge in [-0.15, -0.1) is 0 Å². The number of H-pyrrole nitrogens is 1. The van der Waals surface area contributed by atoms with Crippen molar-refractivity contribution in [1.82, 2.24) is 15.5 Å². The predicted octanol–water partition coefficient (Wildman–Crippen LogP) is 4.08. The quantitative estimate of drug-likeness (QED) is 0.314. The lowest BCUT2D eigenvalue weighted by Gasteiger charge is -2.13. The molecule has 3 amide bonds. The first-order chi connectivity index (χ1) is 18.5. The molecule has 0 fully saturated rings. The van der Waals surface area contributed by atoms with Gasteiger partial charge in [0.2, 0.25) is 6.17 Å². The zero-order chi connectivity index (χ0) is 26.6. The van der Waals surface area contributed by atoms with Crippen LogP contribution in [-0.4, -0.2) is 39.8 Å². The van der Waals surface area contributed by atoms with E-state index >= 15 is 0 Å². The van der Waals surface area contributed by atoms with E-state index in [1.165, 1.54) is 0 Å². The number of aliphatic imine (C=N–C) groups is 1. The molecule has 38 heavy (non-hydrogen) atoms. The summed E-state index contributed by atoms with van der Waals surface area (Å²) in [5.74, 6) is -1.13. The summed E-state index contributed by atoms with van der Waals surface area (Å²) in [5.41, 5.74) is 4.75. The molecule has 0 saturated carbocycles. The van der Waals surface area contributed by atoms with Gasteiger partial charge in [0.15, 0.2) is 5.82 Å². The summed E-state index contributed by atoms with van der Waals surface area (Å²) in [6.07, 6.45) is -0.488. The second-order valence-electron chi connectivity index (χ2n) is 8.79. The Hall–Kier alpha value is -5.05. The maximum atomic E-state index is 13.2. The fourth-order valence-electron chi connectivity index (χ4n) is 4.34. The number of aromatic nitrogens is 2. The van der Waals surface area contributed by atoms with E-state index in [-0.39, 0.29) is 17.4 Å². The van der Waals surface area contributed by atoms with Crippen LogP contribution in [-0.2, 0) is 11.2 Å². The zero-order valence-electron chi connectivity index (χ0n) is 20.9. The first-order valence-corrected chi connectivity index (χ1v) is 12.2. The molecule has 5 rings (SSSR count). The fourth-order valence-corrected chi connectivity index (χ4v) is 4.34. The standard InChI is InChI=1S/C29H26N6O3/c1-3-18-11-7-8-14-20(18)27(36)32-25-17(2)23(34-35-25)28(37)33-26-29(38)30-22-16-10-9-15-21(22)24(31-26)19-12-5-4-6-13-19/h4-16,26H,3H2,1-2H3,(H,30,38)(H,33,37)(H2,32,34,35,36). The summed E-state index contributed by atoms with van der Waals surface area (Å²) >= 11 is 0. The molecule has 1 aliphatic rings. The molecule has 2 heterocycles. The highest BCUT2D eigenvalue weighted by atomic mass is 16.2. The van der Waals surface area contributed by atoms with Crippen molar-refractivity contribution in [1.29, 1.82) is 0 Å². The Labute approximate surface area is 219 Å². The van der Waals surface area contributed by atoms with Gasteiger partial charge >= 0.3 is 0 Å². The van der Waals surface area contributed by atoms with Gasteiger partial charge in [-0.25, -0.2) is 4.99 Å². The van der Waals surface area contributed by atoms with E-state index in [0.717, 1.165) is 16.7 Å². The van der Waals surface area contributed by atoms with Gasteiger partial charge in [0.1, 0.15) is 5.69 Å². The molecule has 9 nitrogen and oxygen atoms in total. The Balaban J connectivity index is 1.40. The third kappa shape index (κ3) is 4.81. The number of anilines is 2. The molecular formula is C29H26N6O3. The minimum absolute atomic E-state index is 0.120. The molecule has 0 aliphatic carbocycles. The Bertz CT molecular complexity index is 1560. The Kier molecular flexibility index (Phi) is 6.82. The molecule has 4 N–H and O–H groups in total. The summed E-state index contributed by atoms with van der Waals surface area (Å²) in [4.78, 5) is 43.8. The summed E-state index contributed by atoms with van der Waals surface area (Å²) < 4.78 is 0. The third-order valence-corrected chi connectivity index (χ3v) is 6.37. The van der Waals surface area contributed by atoms with Crippen molar-refractivity contribution >= 4 is 34.9 Å². The van der Waals surface area contributed by atoms with Crippen molar-refractivity contribution < 1.29 is 14.4 Å². The molecule has 0 spiro atoms. The number of benzodiazepines with no additional fused rings is 1. The predicted molar refractivity (Wildman–Crippen MR) is 146 cm³/mol. The number of amides is 3. The highest BCUT2D eigenvalue weighted by Gasteiger charge is 2.29. The molecule has 1 unspecified atom stereocenters. The number of benzene rings is 3. The van der Waals surface area contributed by atoms with E-state index < -0.39 is 18.0 Å². The Morgan fingerprint density at radius 1 is 0.921 bits per heavy atom. The van der Waals surface area contributed by atoms with Crippen molar-refractivity contribution in [2.75, 3.05) is 10.6 Å². The third-order valence-electron chi connectivity index (χ3n) is 6.37. The maximum absolute atomic E-state index is 13.2. The topological polar surface area (TPSA) is 128 Å². The van der Waals surface area contributed by atoms with E-state index in [0.29, 0.717) is 28.9 Å². The van der Waals surface area contributed by atoms with Crippen LogP contribution >= 0.6 is 0 Å². The number of fused-ring (bicyclic) bond motifs is 1. The van der Waals surface area contributed by atoms with Gasteiger partial charge in [0.25, 0.3) is 17.7 Å². The van der Waals surface area contributed by atoms with E-state index in [2.05, 4.69) is 31.1 Å². The monoisotopic (exact) mass is 506 g/mol. The van der Waals surface area contributed by atoms with Crippen LogP contribution in [0, 0.1) is 6.92 Å². The highest BCUT2D eigenvalue weighted by Crippen LogP contribution is 2.24. The highest BCUT2D eigenvalue weighted by molar-refractivity contribution is 6.20. The first kappa shape index (κ1) is 24.6. The minimum atomic E-state index is -1.19. The van der Waals surface area contributed by atoms with Crippen molar-refractivity contribution in [3.63, 3.8) is 0 Å². The number of aromatic amines is 1. The molecule has 190 valence electrons. The van der Waals surface area contributed by atoms with Crippen LogP contribution in [0.2, 0.25) is 0 Å². The van der Waals surface area contributed by atoms with Gasteiger partial charge < -0.3 is 16.0 Å². The number of carbonyl (C=O) groups excluding carboxylic acids is 3. The summed E-state index contributed by atoms with van der Waals surface area (Å²) in [6.45, 7) is 3.64. The second-order valence-corrected chi connectivity index (χ2v) is 8.79. The summed E-state index contributed by atoms with van der Waals surface area (Å²) in [6, 6.07) is 24.1. The molecule has 1 atom stereocenters. The number of carbonyl (C=O) groups is 3. The molecule has 0 radical (unpaired) electrons. The van der Waals surface area contributed by atoms with E-state index in [9.17, 15) is 14.4 Å². The number of aryl methyl sites for hydroxylation is 1. The number of para-hydroxylation sites is 1. The van der Waals surface area contributed by atoms with Gasteiger partial charge in [-0.1, -0.05) is 73.7 Å². The smallest absolute Gasteiger partial charge is 0.271 e. The van der Waals surface area contributed by atoms with Gasteiger partial charge in [0.05, 0.1) is 11.4 Å². The van der Waals surface area contributed by atoms with Crippen LogP contribution in [0.4, 0.5) is 11.5 Å². The first-order valence-electron chi connectivity index (χ1n) is 12.2. The number of nitrogens with zero attached hydrogens (tertiary/aromatic N) is 2. The lowest BCUT2D eigenvalue weighted by molar-refractivity contribution is -0.117. The lowest BCUT2D eigenvalue weighted by Crippen LogP contribution is -2.42. The largest absolute Gasteiger partial charge is 0.322 e. The lowest BCUT2D eigenvalue weighted by atomic mass is 10.0. The maximum Gasteiger partial charge on any atom is 0.271 e. The van der Waals surface area contributed by atoms with E-state index in [1.54, 1.807) is 25.1 Å². The van der Waals surface area contributed by atoms with Crippen LogP contribution < -0.4 is 16.0 Å². The molecule has 4 aromatic rings. The number of hydrogen-bond donors (Lipinski definition) is 4.